The molecule has 15 heavy (non-hydrogen) atoms. The molecule has 0 radical (unpaired) electrons. The van der Waals surface area contributed by atoms with Gasteiger partial charge in [0.2, 0.25) is 0 Å². The van der Waals surface area contributed by atoms with Gasteiger partial charge in [-0.25, -0.2) is 0 Å². The molecule has 0 aromatic heterocycles. The molecule has 0 bridgehead atoms. The lowest BCUT2D eigenvalue weighted by atomic mass is 10.1. The van der Waals surface area contributed by atoms with Crippen molar-refractivity contribution >= 4 is 0 Å². The molecular formula is C12H26N2O. The number of rotatable bonds is 6. The van der Waals surface area contributed by atoms with E-state index in [1.165, 1.54) is 12.8 Å². The first-order valence-corrected chi connectivity index (χ1v) is 6.29. The van der Waals surface area contributed by atoms with Crippen molar-refractivity contribution < 1.29 is 4.74 Å². The van der Waals surface area contributed by atoms with Crippen LogP contribution < -0.4 is 10.6 Å². The summed E-state index contributed by atoms with van der Waals surface area (Å²) >= 11 is 0. The van der Waals surface area contributed by atoms with Crippen molar-refractivity contribution in [1.82, 2.24) is 10.6 Å². The molecule has 1 aliphatic heterocycles. The normalized spacial score (nSPS) is 26.2. The number of ether oxygens (including phenoxy) is 1. The van der Waals surface area contributed by atoms with Crippen LogP contribution in [0.2, 0.25) is 0 Å². The maximum Gasteiger partial charge on any atom is 0.0620 e. The van der Waals surface area contributed by atoms with E-state index in [4.69, 9.17) is 4.74 Å². The summed E-state index contributed by atoms with van der Waals surface area (Å²) < 4.78 is 5.45. The number of hydrogen-bond donors (Lipinski definition) is 2. The largest absolute Gasteiger partial charge is 0.379 e. The van der Waals surface area contributed by atoms with Crippen molar-refractivity contribution in [2.24, 2.45) is 0 Å². The van der Waals surface area contributed by atoms with E-state index in [2.05, 4.69) is 31.4 Å². The van der Waals surface area contributed by atoms with Crippen LogP contribution in [0, 0.1) is 0 Å². The molecule has 0 spiro atoms. The molecule has 3 nitrogen and oxygen atoms in total. The summed E-state index contributed by atoms with van der Waals surface area (Å²) in [7, 11) is 0. The number of nitrogens with one attached hydrogen (secondary N) is 2. The summed E-state index contributed by atoms with van der Waals surface area (Å²) in [6.07, 6.45) is 3.68. The third kappa shape index (κ3) is 5.50. The smallest absolute Gasteiger partial charge is 0.0620 e. The second kappa shape index (κ2) is 7.20. The van der Waals surface area contributed by atoms with Crippen LogP contribution in [0.15, 0.2) is 0 Å². The molecule has 3 unspecified atom stereocenters. The standard InChI is InChI=1S/C12H26N2O/c1-4-5-10(2)14-11(3)8-12-9-15-7-6-13-12/h10-14H,4-9H2,1-3H3. The monoisotopic (exact) mass is 214 g/mol. The van der Waals surface area contributed by atoms with E-state index >= 15 is 0 Å². The van der Waals surface area contributed by atoms with Crippen LogP contribution in [0.1, 0.15) is 40.0 Å². The van der Waals surface area contributed by atoms with Gasteiger partial charge in [-0.05, 0) is 26.7 Å². The van der Waals surface area contributed by atoms with Crippen molar-refractivity contribution in [2.75, 3.05) is 19.8 Å². The fourth-order valence-electron chi connectivity index (χ4n) is 2.27. The minimum absolute atomic E-state index is 0.537. The van der Waals surface area contributed by atoms with Crippen LogP contribution in [-0.4, -0.2) is 37.9 Å². The van der Waals surface area contributed by atoms with Gasteiger partial charge >= 0.3 is 0 Å². The first-order valence-electron chi connectivity index (χ1n) is 6.29. The molecule has 0 aromatic rings. The van der Waals surface area contributed by atoms with Crippen molar-refractivity contribution in [2.45, 2.75) is 58.2 Å². The van der Waals surface area contributed by atoms with Crippen LogP contribution in [0.4, 0.5) is 0 Å². The predicted octanol–water partition coefficient (Wildman–Crippen LogP) is 1.53. The maximum absolute atomic E-state index is 5.45. The first kappa shape index (κ1) is 12.9. The van der Waals surface area contributed by atoms with Crippen molar-refractivity contribution in [1.29, 1.82) is 0 Å². The van der Waals surface area contributed by atoms with E-state index in [0.717, 1.165) is 26.2 Å². The van der Waals surface area contributed by atoms with Gasteiger partial charge in [0.1, 0.15) is 0 Å². The van der Waals surface area contributed by atoms with Gasteiger partial charge < -0.3 is 15.4 Å². The highest BCUT2D eigenvalue weighted by molar-refractivity contribution is 4.77. The highest BCUT2D eigenvalue weighted by Crippen LogP contribution is 2.05. The van der Waals surface area contributed by atoms with Crippen LogP contribution >= 0.6 is 0 Å². The Labute approximate surface area is 94.0 Å². The van der Waals surface area contributed by atoms with E-state index in [1.54, 1.807) is 0 Å². The molecule has 90 valence electrons. The second-order valence-corrected chi connectivity index (χ2v) is 4.72. The molecule has 0 aromatic carbocycles. The highest BCUT2D eigenvalue weighted by Gasteiger charge is 2.16. The van der Waals surface area contributed by atoms with E-state index in [0.29, 0.717) is 18.1 Å². The number of hydrogen-bond acceptors (Lipinski definition) is 3. The molecule has 1 heterocycles. The average Bonchev–Trinajstić information content (AvgIpc) is 2.19. The Balaban J connectivity index is 2.13. The molecule has 1 rings (SSSR count). The molecule has 3 heteroatoms. The topological polar surface area (TPSA) is 33.3 Å². The average molecular weight is 214 g/mol. The Morgan fingerprint density at radius 1 is 1.40 bits per heavy atom. The van der Waals surface area contributed by atoms with Gasteiger partial charge in [0, 0.05) is 24.7 Å². The van der Waals surface area contributed by atoms with Crippen LogP contribution in [-0.2, 0) is 4.74 Å². The molecule has 0 amide bonds. The molecule has 1 aliphatic rings. The van der Waals surface area contributed by atoms with Gasteiger partial charge in [0.25, 0.3) is 0 Å². The summed E-state index contributed by atoms with van der Waals surface area (Å²) in [5.41, 5.74) is 0. The minimum Gasteiger partial charge on any atom is -0.379 e. The Hall–Kier alpha value is -0.120. The third-order valence-electron chi connectivity index (χ3n) is 2.93. The van der Waals surface area contributed by atoms with E-state index in [9.17, 15) is 0 Å². The maximum atomic E-state index is 5.45. The van der Waals surface area contributed by atoms with Crippen molar-refractivity contribution in [3.05, 3.63) is 0 Å². The summed E-state index contributed by atoms with van der Waals surface area (Å²) in [5, 5.41) is 7.12. The fourth-order valence-corrected chi connectivity index (χ4v) is 2.27. The van der Waals surface area contributed by atoms with Gasteiger partial charge in [-0.1, -0.05) is 13.3 Å². The molecule has 1 saturated heterocycles. The Bertz CT molecular complexity index is 158. The van der Waals surface area contributed by atoms with Gasteiger partial charge in [0.15, 0.2) is 0 Å². The van der Waals surface area contributed by atoms with Crippen molar-refractivity contribution in [3.8, 4) is 0 Å². The summed E-state index contributed by atoms with van der Waals surface area (Å²) in [6.45, 7) is 9.51. The fraction of sp³-hybridized carbons (Fsp3) is 1.00. The third-order valence-corrected chi connectivity index (χ3v) is 2.93. The summed E-state index contributed by atoms with van der Waals surface area (Å²) in [4.78, 5) is 0. The van der Waals surface area contributed by atoms with Gasteiger partial charge in [-0.2, -0.15) is 0 Å². The lowest BCUT2D eigenvalue weighted by molar-refractivity contribution is 0.0708. The summed E-state index contributed by atoms with van der Waals surface area (Å²) in [5.74, 6) is 0. The van der Waals surface area contributed by atoms with Gasteiger partial charge in [-0.15, -0.1) is 0 Å². The van der Waals surface area contributed by atoms with E-state index in [1.807, 2.05) is 0 Å². The molecule has 1 fully saturated rings. The molecule has 0 saturated carbocycles. The molecule has 3 atom stereocenters. The van der Waals surface area contributed by atoms with Crippen LogP contribution in [0.25, 0.3) is 0 Å². The second-order valence-electron chi connectivity index (χ2n) is 4.72. The molecule has 2 N–H and O–H groups in total. The SMILES string of the molecule is CCCC(C)NC(C)CC1COCCN1. The van der Waals surface area contributed by atoms with E-state index in [-0.39, 0.29) is 0 Å². The summed E-state index contributed by atoms with van der Waals surface area (Å²) in [6, 6.07) is 1.75. The molecular weight excluding hydrogens is 188 g/mol. The zero-order valence-corrected chi connectivity index (χ0v) is 10.4. The van der Waals surface area contributed by atoms with E-state index < -0.39 is 0 Å². The minimum atomic E-state index is 0.537. The number of morpholine rings is 1. The van der Waals surface area contributed by atoms with Crippen molar-refractivity contribution in [3.63, 3.8) is 0 Å². The molecule has 0 aliphatic carbocycles. The Morgan fingerprint density at radius 3 is 2.80 bits per heavy atom. The predicted molar refractivity (Wildman–Crippen MR) is 64.2 cm³/mol. The van der Waals surface area contributed by atoms with Crippen LogP contribution in [0.5, 0.6) is 0 Å². The Kier molecular flexibility index (Phi) is 6.22. The van der Waals surface area contributed by atoms with Crippen LogP contribution in [0.3, 0.4) is 0 Å². The Morgan fingerprint density at radius 2 is 2.20 bits per heavy atom. The first-order chi connectivity index (χ1) is 7.22. The zero-order chi connectivity index (χ0) is 11.1. The lowest BCUT2D eigenvalue weighted by Gasteiger charge is -2.28. The van der Waals surface area contributed by atoms with Gasteiger partial charge in [-0.3, -0.25) is 0 Å². The lowest BCUT2D eigenvalue weighted by Crippen LogP contribution is -2.46. The van der Waals surface area contributed by atoms with Gasteiger partial charge in [0.05, 0.1) is 13.2 Å². The quantitative estimate of drug-likeness (QED) is 0.703. The highest BCUT2D eigenvalue weighted by atomic mass is 16.5. The zero-order valence-electron chi connectivity index (χ0n) is 10.4.